The molecule has 4 heteroatoms. The molecular weight excluding hydrogens is 240 g/mol. The van der Waals surface area contributed by atoms with Crippen molar-refractivity contribution in [2.75, 3.05) is 6.54 Å². The molecule has 0 aliphatic heterocycles. The molecule has 0 saturated carbocycles. The first-order chi connectivity index (χ1) is 6.92. The van der Waals surface area contributed by atoms with Gasteiger partial charge in [-0.15, -0.1) is 23.7 Å². The lowest BCUT2D eigenvalue weighted by atomic mass is 9.96. The highest BCUT2D eigenvalue weighted by Gasteiger charge is 2.16. The Morgan fingerprint density at radius 2 is 2.06 bits per heavy atom. The summed E-state index contributed by atoms with van der Waals surface area (Å²) >= 11 is 1.76. The minimum absolute atomic E-state index is 0. The predicted molar refractivity (Wildman–Crippen MR) is 74.6 cm³/mol. The molecule has 1 rings (SSSR count). The van der Waals surface area contributed by atoms with Gasteiger partial charge in [-0.1, -0.05) is 27.7 Å². The van der Waals surface area contributed by atoms with Crippen molar-refractivity contribution in [3.05, 3.63) is 16.1 Å². The van der Waals surface area contributed by atoms with E-state index in [1.165, 1.54) is 5.01 Å². The molecule has 0 aliphatic carbocycles. The van der Waals surface area contributed by atoms with Crippen LogP contribution in [0.25, 0.3) is 0 Å². The summed E-state index contributed by atoms with van der Waals surface area (Å²) in [4.78, 5) is 4.54. The number of thiazole rings is 1. The Kier molecular flexibility index (Phi) is 6.53. The van der Waals surface area contributed by atoms with Crippen molar-refractivity contribution >= 4 is 23.7 Å². The van der Waals surface area contributed by atoms with Crippen LogP contribution in [0.2, 0.25) is 0 Å². The van der Waals surface area contributed by atoms with Gasteiger partial charge in [0.2, 0.25) is 0 Å². The first-order valence-corrected chi connectivity index (χ1v) is 6.46. The first-order valence-electron chi connectivity index (χ1n) is 5.58. The van der Waals surface area contributed by atoms with Crippen molar-refractivity contribution < 1.29 is 0 Å². The van der Waals surface area contributed by atoms with Gasteiger partial charge in [-0.25, -0.2) is 4.98 Å². The number of hydrogen-bond donors (Lipinski definition) is 1. The summed E-state index contributed by atoms with van der Waals surface area (Å²) in [7, 11) is 0. The van der Waals surface area contributed by atoms with Crippen LogP contribution in [0, 0.1) is 12.3 Å². The molecule has 0 radical (unpaired) electrons. The SMILES string of the molecule is CCC(NCC(C)(C)C)c1nc(C)cs1.Cl. The zero-order chi connectivity index (χ0) is 11.5. The molecule has 94 valence electrons. The number of aryl methyl sites for hydroxylation is 1. The Bertz CT molecular complexity index is 304. The normalized spacial score (nSPS) is 13.3. The zero-order valence-electron chi connectivity index (χ0n) is 10.8. The van der Waals surface area contributed by atoms with Gasteiger partial charge in [-0.05, 0) is 18.8 Å². The number of halogens is 1. The lowest BCUT2D eigenvalue weighted by Gasteiger charge is -2.23. The molecule has 0 spiro atoms. The summed E-state index contributed by atoms with van der Waals surface area (Å²) in [6, 6.07) is 0.419. The van der Waals surface area contributed by atoms with E-state index in [-0.39, 0.29) is 12.4 Å². The maximum atomic E-state index is 4.54. The van der Waals surface area contributed by atoms with Crippen molar-refractivity contribution in [2.45, 2.75) is 47.1 Å². The summed E-state index contributed by atoms with van der Waals surface area (Å²) in [5.41, 5.74) is 1.46. The van der Waals surface area contributed by atoms with Crippen LogP contribution in [0.3, 0.4) is 0 Å². The molecule has 1 aromatic heterocycles. The third kappa shape index (κ3) is 5.28. The molecule has 1 heterocycles. The average molecular weight is 263 g/mol. The Hall–Kier alpha value is -0.120. The van der Waals surface area contributed by atoms with Gasteiger partial charge >= 0.3 is 0 Å². The van der Waals surface area contributed by atoms with Crippen molar-refractivity contribution in [1.82, 2.24) is 10.3 Å². The lowest BCUT2D eigenvalue weighted by molar-refractivity contribution is 0.348. The van der Waals surface area contributed by atoms with E-state index >= 15 is 0 Å². The molecule has 0 amide bonds. The average Bonchev–Trinajstić information content (AvgIpc) is 2.51. The van der Waals surface area contributed by atoms with Crippen LogP contribution in [0.1, 0.15) is 50.9 Å². The fourth-order valence-electron chi connectivity index (χ4n) is 1.37. The molecule has 0 aliphatic rings. The molecule has 1 aromatic rings. The second-order valence-corrected chi connectivity index (χ2v) is 6.12. The number of nitrogens with zero attached hydrogens (tertiary/aromatic N) is 1. The van der Waals surface area contributed by atoms with E-state index in [9.17, 15) is 0 Å². The minimum atomic E-state index is 0. The van der Waals surface area contributed by atoms with E-state index in [0.29, 0.717) is 11.5 Å². The fraction of sp³-hybridized carbons (Fsp3) is 0.750. The topological polar surface area (TPSA) is 24.9 Å². The van der Waals surface area contributed by atoms with Crippen LogP contribution in [0.15, 0.2) is 5.38 Å². The van der Waals surface area contributed by atoms with Gasteiger partial charge in [0.15, 0.2) is 0 Å². The van der Waals surface area contributed by atoms with Crippen molar-refractivity contribution in [2.24, 2.45) is 5.41 Å². The zero-order valence-corrected chi connectivity index (χ0v) is 12.5. The Morgan fingerprint density at radius 3 is 2.44 bits per heavy atom. The quantitative estimate of drug-likeness (QED) is 0.889. The predicted octanol–water partition coefficient (Wildman–Crippen LogP) is 3.96. The van der Waals surface area contributed by atoms with Crippen LogP contribution in [-0.4, -0.2) is 11.5 Å². The number of aromatic nitrogens is 1. The third-order valence-electron chi connectivity index (χ3n) is 2.22. The second-order valence-electron chi connectivity index (χ2n) is 5.23. The summed E-state index contributed by atoms with van der Waals surface area (Å²) in [5, 5.41) is 6.93. The lowest BCUT2D eigenvalue weighted by Crippen LogP contribution is -2.30. The molecule has 0 aromatic carbocycles. The van der Waals surface area contributed by atoms with E-state index in [1.807, 2.05) is 0 Å². The van der Waals surface area contributed by atoms with Crippen LogP contribution in [0.5, 0.6) is 0 Å². The Morgan fingerprint density at radius 1 is 1.44 bits per heavy atom. The summed E-state index contributed by atoms with van der Waals surface area (Å²) in [6.07, 6.45) is 1.10. The Labute approximate surface area is 109 Å². The smallest absolute Gasteiger partial charge is 0.110 e. The van der Waals surface area contributed by atoms with Gasteiger partial charge in [0.1, 0.15) is 5.01 Å². The highest BCUT2D eigenvalue weighted by Crippen LogP contribution is 2.22. The van der Waals surface area contributed by atoms with Gasteiger partial charge < -0.3 is 5.32 Å². The highest BCUT2D eigenvalue weighted by atomic mass is 35.5. The molecule has 1 atom stereocenters. The molecule has 2 nitrogen and oxygen atoms in total. The molecule has 1 N–H and O–H groups in total. The van der Waals surface area contributed by atoms with E-state index in [2.05, 4.69) is 50.3 Å². The van der Waals surface area contributed by atoms with Gasteiger partial charge in [-0.2, -0.15) is 0 Å². The number of rotatable bonds is 4. The number of hydrogen-bond acceptors (Lipinski definition) is 3. The summed E-state index contributed by atoms with van der Waals surface area (Å²) in [5.74, 6) is 0. The van der Waals surface area contributed by atoms with Crippen LogP contribution in [-0.2, 0) is 0 Å². The van der Waals surface area contributed by atoms with Crippen molar-refractivity contribution in [1.29, 1.82) is 0 Å². The maximum Gasteiger partial charge on any atom is 0.110 e. The van der Waals surface area contributed by atoms with Gasteiger partial charge in [0.05, 0.1) is 6.04 Å². The van der Waals surface area contributed by atoms with Crippen LogP contribution < -0.4 is 5.32 Å². The third-order valence-corrected chi connectivity index (χ3v) is 3.30. The molecular formula is C12H23ClN2S. The van der Waals surface area contributed by atoms with E-state index in [1.54, 1.807) is 11.3 Å². The van der Waals surface area contributed by atoms with Crippen LogP contribution in [0.4, 0.5) is 0 Å². The molecule has 0 bridgehead atoms. The van der Waals surface area contributed by atoms with Crippen molar-refractivity contribution in [3.63, 3.8) is 0 Å². The second kappa shape index (κ2) is 6.58. The van der Waals surface area contributed by atoms with Gasteiger partial charge in [0.25, 0.3) is 0 Å². The highest BCUT2D eigenvalue weighted by molar-refractivity contribution is 7.09. The van der Waals surface area contributed by atoms with Crippen LogP contribution >= 0.6 is 23.7 Å². The fourth-order valence-corrected chi connectivity index (χ4v) is 2.32. The number of nitrogens with one attached hydrogen (secondary N) is 1. The summed E-state index contributed by atoms with van der Waals surface area (Å²) in [6.45, 7) is 12.0. The molecule has 1 unspecified atom stereocenters. The van der Waals surface area contributed by atoms with E-state index in [0.717, 1.165) is 18.7 Å². The van der Waals surface area contributed by atoms with E-state index < -0.39 is 0 Å². The first kappa shape index (κ1) is 15.9. The van der Waals surface area contributed by atoms with E-state index in [4.69, 9.17) is 0 Å². The summed E-state index contributed by atoms with van der Waals surface area (Å²) < 4.78 is 0. The van der Waals surface area contributed by atoms with Gasteiger partial charge in [-0.3, -0.25) is 0 Å². The monoisotopic (exact) mass is 262 g/mol. The largest absolute Gasteiger partial charge is 0.307 e. The standard InChI is InChI=1S/C12H22N2S.ClH/c1-6-10(13-8-12(3,4)5)11-14-9(2)7-15-11;/h7,10,13H,6,8H2,1-5H3;1H. The molecule has 16 heavy (non-hydrogen) atoms. The molecule has 0 fully saturated rings. The minimum Gasteiger partial charge on any atom is -0.307 e. The van der Waals surface area contributed by atoms with Gasteiger partial charge in [0, 0.05) is 17.6 Å². The molecule has 0 saturated heterocycles. The van der Waals surface area contributed by atoms with Crippen molar-refractivity contribution in [3.8, 4) is 0 Å². The Balaban J connectivity index is 0.00000225. The maximum absolute atomic E-state index is 4.54.